The predicted octanol–water partition coefficient (Wildman–Crippen LogP) is 2.38. The Morgan fingerprint density at radius 1 is 1.38 bits per heavy atom. The number of aromatic nitrogens is 3. The molecule has 0 unspecified atom stereocenters. The van der Waals surface area contributed by atoms with Gasteiger partial charge in [0.15, 0.2) is 0 Å². The third kappa shape index (κ3) is 4.01. The maximum Gasteiger partial charge on any atom is 0.404 e. The Kier molecular flexibility index (Phi) is 4.52. The van der Waals surface area contributed by atoms with Gasteiger partial charge in [0.05, 0.1) is 24.5 Å². The number of pyridine rings is 1. The molecular formula is C14H17FN4O2. The van der Waals surface area contributed by atoms with Gasteiger partial charge >= 0.3 is 6.09 Å². The van der Waals surface area contributed by atoms with E-state index in [-0.39, 0.29) is 12.0 Å². The molecule has 2 N–H and O–H groups in total. The van der Waals surface area contributed by atoms with Gasteiger partial charge in [0.2, 0.25) is 0 Å². The number of nitrogens with one attached hydrogen (secondary N) is 1. The predicted molar refractivity (Wildman–Crippen MR) is 75.2 cm³/mol. The first-order valence-corrected chi connectivity index (χ1v) is 6.60. The van der Waals surface area contributed by atoms with E-state index in [1.807, 2.05) is 13.8 Å². The molecule has 0 aromatic carbocycles. The average molecular weight is 292 g/mol. The molecule has 0 saturated heterocycles. The summed E-state index contributed by atoms with van der Waals surface area (Å²) in [5.74, 6) is -0.263. The first-order chi connectivity index (χ1) is 9.95. The minimum absolute atomic E-state index is 0.137. The zero-order valence-corrected chi connectivity index (χ0v) is 11.8. The highest BCUT2D eigenvalue weighted by atomic mass is 19.1. The van der Waals surface area contributed by atoms with Gasteiger partial charge in [-0.05, 0) is 24.1 Å². The van der Waals surface area contributed by atoms with Crippen molar-refractivity contribution in [3.63, 3.8) is 0 Å². The molecule has 0 spiro atoms. The zero-order valence-electron chi connectivity index (χ0n) is 11.8. The Balaban J connectivity index is 2.11. The van der Waals surface area contributed by atoms with E-state index >= 15 is 0 Å². The molecule has 2 aromatic heterocycles. The molecule has 2 rings (SSSR count). The van der Waals surface area contributed by atoms with Crippen LogP contribution in [0.5, 0.6) is 0 Å². The topological polar surface area (TPSA) is 80.0 Å². The number of rotatable bonds is 5. The molecular weight excluding hydrogens is 275 g/mol. The maximum absolute atomic E-state index is 12.8. The molecule has 2 heterocycles. The molecule has 1 amide bonds. The quantitative estimate of drug-likeness (QED) is 0.886. The molecule has 0 radical (unpaired) electrons. The molecule has 0 fully saturated rings. The minimum atomic E-state index is -1.05. The maximum atomic E-state index is 12.8. The Morgan fingerprint density at radius 2 is 2.14 bits per heavy atom. The highest BCUT2D eigenvalue weighted by Gasteiger charge is 2.17. The van der Waals surface area contributed by atoms with Crippen LogP contribution in [0.25, 0.3) is 11.4 Å². The average Bonchev–Trinajstić information content (AvgIpc) is 2.87. The zero-order chi connectivity index (χ0) is 15.4. The minimum Gasteiger partial charge on any atom is -0.465 e. The highest BCUT2D eigenvalue weighted by molar-refractivity contribution is 5.64. The van der Waals surface area contributed by atoms with E-state index in [0.717, 1.165) is 6.20 Å². The number of hydrogen-bond acceptors (Lipinski definition) is 3. The molecule has 0 bridgehead atoms. The summed E-state index contributed by atoms with van der Waals surface area (Å²) >= 11 is 0. The molecule has 6 nitrogen and oxygen atoms in total. The van der Waals surface area contributed by atoms with E-state index in [2.05, 4.69) is 15.4 Å². The fourth-order valence-corrected chi connectivity index (χ4v) is 1.91. The summed E-state index contributed by atoms with van der Waals surface area (Å²) in [6.45, 7) is 4.30. The molecule has 7 heteroatoms. The van der Waals surface area contributed by atoms with Crippen LogP contribution in [-0.2, 0) is 6.54 Å². The Labute approximate surface area is 121 Å². The van der Waals surface area contributed by atoms with E-state index in [1.165, 1.54) is 6.07 Å². The van der Waals surface area contributed by atoms with Gasteiger partial charge in [0, 0.05) is 6.20 Å². The van der Waals surface area contributed by atoms with Crippen molar-refractivity contribution in [2.75, 3.05) is 0 Å². The summed E-state index contributed by atoms with van der Waals surface area (Å²) in [7, 11) is 0. The third-order valence-corrected chi connectivity index (χ3v) is 3.13. The first-order valence-electron chi connectivity index (χ1n) is 6.60. The van der Waals surface area contributed by atoms with Gasteiger partial charge < -0.3 is 10.4 Å². The number of amides is 1. The van der Waals surface area contributed by atoms with E-state index in [1.54, 1.807) is 23.0 Å². The second kappa shape index (κ2) is 6.34. The lowest BCUT2D eigenvalue weighted by atomic mass is 10.1. The van der Waals surface area contributed by atoms with Crippen LogP contribution in [0.4, 0.5) is 9.18 Å². The normalized spacial score (nSPS) is 12.4. The van der Waals surface area contributed by atoms with Crippen molar-refractivity contribution in [3.05, 3.63) is 36.4 Å². The van der Waals surface area contributed by atoms with Crippen LogP contribution < -0.4 is 5.32 Å². The first kappa shape index (κ1) is 15.0. The fourth-order valence-electron chi connectivity index (χ4n) is 1.91. The second-order valence-electron chi connectivity index (χ2n) is 5.08. The van der Waals surface area contributed by atoms with Gasteiger partial charge in [-0.1, -0.05) is 13.8 Å². The SMILES string of the molecule is CC(C)[C@@H](Cn1ccc(-c2ccc(F)cn2)n1)NC(=O)O. The molecule has 21 heavy (non-hydrogen) atoms. The summed E-state index contributed by atoms with van der Waals surface area (Å²) in [6, 6.07) is 4.40. The Hall–Kier alpha value is -2.44. The highest BCUT2D eigenvalue weighted by Crippen LogP contribution is 2.15. The monoisotopic (exact) mass is 292 g/mol. The van der Waals surface area contributed by atoms with Crippen LogP contribution in [0, 0.1) is 11.7 Å². The van der Waals surface area contributed by atoms with Gasteiger partial charge in [0.1, 0.15) is 11.5 Å². The number of hydrogen-bond donors (Lipinski definition) is 2. The van der Waals surface area contributed by atoms with E-state index < -0.39 is 11.9 Å². The summed E-state index contributed by atoms with van der Waals surface area (Å²) in [6.07, 6.45) is 1.83. The summed E-state index contributed by atoms with van der Waals surface area (Å²) in [5, 5.41) is 15.6. The molecule has 0 aliphatic heterocycles. The summed E-state index contributed by atoms with van der Waals surface area (Å²) in [5.41, 5.74) is 1.19. The van der Waals surface area contributed by atoms with Gasteiger partial charge in [-0.25, -0.2) is 9.18 Å². The van der Waals surface area contributed by atoms with Crippen molar-refractivity contribution in [2.24, 2.45) is 5.92 Å². The van der Waals surface area contributed by atoms with Crippen molar-refractivity contribution < 1.29 is 14.3 Å². The van der Waals surface area contributed by atoms with Crippen molar-refractivity contribution in [2.45, 2.75) is 26.4 Å². The molecule has 0 aliphatic carbocycles. The van der Waals surface area contributed by atoms with E-state index in [4.69, 9.17) is 5.11 Å². The lowest BCUT2D eigenvalue weighted by Crippen LogP contribution is -2.40. The summed E-state index contributed by atoms with van der Waals surface area (Å²) < 4.78 is 14.5. The van der Waals surface area contributed by atoms with Crippen LogP contribution in [-0.4, -0.2) is 32.0 Å². The van der Waals surface area contributed by atoms with Crippen LogP contribution >= 0.6 is 0 Å². The van der Waals surface area contributed by atoms with Crippen molar-refractivity contribution >= 4 is 6.09 Å². The number of nitrogens with zero attached hydrogens (tertiary/aromatic N) is 3. The van der Waals surface area contributed by atoms with Gasteiger partial charge in [-0.15, -0.1) is 0 Å². The lowest BCUT2D eigenvalue weighted by molar-refractivity contribution is 0.183. The van der Waals surface area contributed by atoms with Gasteiger partial charge in [-0.3, -0.25) is 9.67 Å². The third-order valence-electron chi connectivity index (χ3n) is 3.13. The lowest BCUT2D eigenvalue weighted by Gasteiger charge is -2.20. The van der Waals surface area contributed by atoms with E-state index in [9.17, 15) is 9.18 Å². The Morgan fingerprint density at radius 3 is 2.71 bits per heavy atom. The molecule has 0 aliphatic rings. The van der Waals surface area contributed by atoms with Gasteiger partial charge in [0.25, 0.3) is 0 Å². The molecule has 112 valence electrons. The largest absolute Gasteiger partial charge is 0.465 e. The Bertz CT molecular complexity index is 610. The molecule has 0 saturated carbocycles. The van der Waals surface area contributed by atoms with Crippen molar-refractivity contribution in [1.82, 2.24) is 20.1 Å². The van der Waals surface area contributed by atoms with Crippen LogP contribution in [0.1, 0.15) is 13.8 Å². The van der Waals surface area contributed by atoms with Crippen LogP contribution in [0.3, 0.4) is 0 Å². The standard InChI is InChI=1S/C14H17FN4O2/c1-9(2)13(17-14(20)21)8-19-6-5-12(18-19)11-4-3-10(15)7-16-11/h3-7,9,13,17H,8H2,1-2H3,(H,20,21)/t13-/m1/s1. The van der Waals surface area contributed by atoms with Crippen molar-refractivity contribution in [3.8, 4) is 11.4 Å². The number of halogens is 1. The van der Waals surface area contributed by atoms with Crippen LogP contribution in [0.2, 0.25) is 0 Å². The van der Waals surface area contributed by atoms with E-state index in [0.29, 0.717) is 17.9 Å². The molecule has 2 aromatic rings. The number of carbonyl (C=O) groups is 1. The smallest absolute Gasteiger partial charge is 0.404 e. The fraction of sp³-hybridized carbons (Fsp3) is 0.357. The molecule has 1 atom stereocenters. The summed E-state index contributed by atoms with van der Waals surface area (Å²) in [4.78, 5) is 14.7. The van der Waals surface area contributed by atoms with Gasteiger partial charge in [-0.2, -0.15) is 5.10 Å². The second-order valence-corrected chi connectivity index (χ2v) is 5.08. The van der Waals surface area contributed by atoms with Crippen LogP contribution in [0.15, 0.2) is 30.6 Å². The number of carboxylic acid groups (broad SMARTS) is 1. The van der Waals surface area contributed by atoms with Crippen molar-refractivity contribution in [1.29, 1.82) is 0 Å².